The predicted octanol–water partition coefficient (Wildman–Crippen LogP) is 3.84. The lowest BCUT2D eigenvalue weighted by atomic mass is 9.86. The van der Waals surface area contributed by atoms with E-state index in [1.165, 1.54) is 11.1 Å². The van der Waals surface area contributed by atoms with Gasteiger partial charge in [0.15, 0.2) is 0 Å². The molecule has 1 aromatic heterocycles. The Labute approximate surface area is 161 Å². The van der Waals surface area contributed by atoms with Crippen molar-refractivity contribution in [1.29, 1.82) is 0 Å². The smallest absolute Gasteiger partial charge is 0.122 e. The Balaban J connectivity index is 1.48. The second-order valence-corrected chi connectivity index (χ2v) is 7.29. The highest BCUT2D eigenvalue weighted by Gasteiger charge is 2.26. The zero-order valence-corrected chi connectivity index (χ0v) is 15.9. The molecule has 1 aliphatic heterocycles. The minimum absolute atomic E-state index is 0.226. The molecule has 1 aliphatic rings. The fourth-order valence-corrected chi connectivity index (χ4v) is 3.91. The van der Waals surface area contributed by atoms with Crippen LogP contribution in [0.3, 0.4) is 0 Å². The molecule has 1 atom stereocenters. The van der Waals surface area contributed by atoms with Crippen molar-refractivity contribution in [3.63, 3.8) is 0 Å². The highest BCUT2D eigenvalue weighted by molar-refractivity contribution is 5.32. The monoisotopic (exact) mass is 361 g/mol. The SMILES string of the molecule is Cn1ccnc1CN1CCO[C@@H](CC(c2ccccc2)c2ccccc2)C1. The summed E-state index contributed by atoms with van der Waals surface area (Å²) >= 11 is 0. The van der Waals surface area contributed by atoms with Crippen molar-refractivity contribution in [1.82, 2.24) is 14.5 Å². The van der Waals surface area contributed by atoms with Crippen molar-refractivity contribution in [3.8, 4) is 0 Å². The Kier molecular flexibility index (Phi) is 5.66. The van der Waals surface area contributed by atoms with Crippen LogP contribution < -0.4 is 0 Å². The summed E-state index contributed by atoms with van der Waals surface area (Å²) in [7, 11) is 2.06. The van der Waals surface area contributed by atoms with Gasteiger partial charge in [0.25, 0.3) is 0 Å². The number of aryl methyl sites for hydroxylation is 1. The van der Waals surface area contributed by atoms with Crippen LogP contribution >= 0.6 is 0 Å². The minimum atomic E-state index is 0.226. The first kappa shape index (κ1) is 18.0. The van der Waals surface area contributed by atoms with Gasteiger partial charge in [-0.05, 0) is 17.5 Å². The Morgan fingerprint density at radius 3 is 2.30 bits per heavy atom. The number of rotatable bonds is 6. The number of benzene rings is 2. The van der Waals surface area contributed by atoms with Crippen molar-refractivity contribution in [2.24, 2.45) is 7.05 Å². The molecule has 0 aliphatic carbocycles. The summed E-state index contributed by atoms with van der Waals surface area (Å²) in [5, 5.41) is 0. The molecule has 2 heterocycles. The Bertz CT molecular complexity index is 792. The topological polar surface area (TPSA) is 30.3 Å². The predicted molar refractivity (Wildman–Crippen MR) is 108 cm³/mol. The lowest BCUT2D eigenvalue weighted by Crippen LogP contribution is -2.43. The molecule has 0 N–H and O–H groups in total. The largest absolute Gasteiger partial charge is 0.376 e. The molecule has 0 bridgehead atoms. The van der Waals surface area contributed by atoms with Gasteiger partial charge in [-0.3, -0.25) is 4.90 Å². The molecule has 2 aromatic carbocycles. The third-order valence-corrected chi connectivity index (χ3v) is 5.41. The van der Waals surface area contributed by atoms with E-state index in [-0.39, 0.29) is 6.10 Å². The first-order valence-corrected chi connectivity index (χ1v) is 9.69. The lowest BCUT2D eigenvalue weighted by molar-refractivity contribution is -0.0373. The number of morpholine rings is 1. The summed E-state index contributed by atoms with van der Waals surface area (Å²) in [6.07, 6.45) is 5.09. The number of hydrogen-bond acceptors (Lipinski definition) is 3. The van der Waals surface area contributed by atoms with E-state index in [1.807, 2.05) is 12.4 Å². The normalized spacial score (nSPS) is 18.1. The highest BCUT2D eigenvalue weighted by atomic mass is 16.5. The summed E-state index contributed by atoms with van der Waals surface area (Å²) in [5.74, 6) is 1.46. The molecule has 27 heavy (non-hydrogen) atoms. The molecule has 4 nitrogen and oxygen atoms in total. The van der Waals surface area contributed by atoms with Gasteiger partial charge < -0.3 is 9.30 Å². The Hall–Kier alpha value is -2.43. The molecule has 4 rings (SSSR count). The van der Waals surface area contributed by atoms with Gasteiger partial charge in [-0.15, -0.1) is 0 Å². The van der Waals surface area contributed by atoms with E-state index in [1.54, 1.807) is 0 Å². The van der Waals surface area contributed by atoms with Crippen LogP contribution in [0.2, 0.25) is 0 Å². The molecule has 0 saturated carbocycles. The maximum absolute atomic E-state index is 6.16. The van der Waals surface area contributed by atoms with Crippen LogP contribution in [-0.4, -0.2) is 40.3 Å². The molecule has 3 aromatic rings. The summed E-state index contributed by atoms with van der Waals surface area (Å²) < 4.78 is 8.26. The minimum Gasteiger partial charge on any atom is -0.376 e. The van der Waals surface area contributed by atoms with Crippen LogP contribution in [-0.2, 0) is 18.3 Å². The molecule has 140 valence electrons. The van der Waals surface area contributed by atoms with E-state index in [0.29, 0.717) is 5.92 Å². The molecular weight excluding hydrogens is 334 g/mol. The molecule has 0 spiro atoms. The average Bonchev–Trinajstić information content (AvgIpc) is 3.12. The fourth-order valence-electron chi connectivity index (χ4n) is 3.91. The summed E-state index contributed by atoms with van der Waals surface area (Å²) in [6.45, 7) is 3.57. The highest BCUT2D eigenvalue weighted by Crippen LogP contribution is 2.31. The summed E-state index contributed by atoms with van der Waals surface area (Å²) in [6, 6.07) is 21.6. The van der Waals surface area contributed by atoms with Crippen LogP contribution in [0, 0.1) is 0 Å². The first-order valence-electron chi connectivity index (χ1n) is 9.69. The van der Waals surface area contributed by atoms with Crippen molar-refractivity contribution < 1.29 is 4.74 Å². The number of nitrogens with zero attached hydrogens (tertiary/aromatic N) is 3. The van der Waals surface area contributed by atoms with E-state index in [2.05, 4.69) is 82.2 Å². The van der Waals surface area contributed by atoms with Gasteiger partial charge in [0, 0.05) is 38.4 Å². The number of hydrogen-bond donors (Lipinski definition) is 0. The van der Waals surface area contributed by atoms with Crippen LogP contribution in [0.1, 0.15) is 29.3 Å². The van der Waals surface area contributed by atoms with Crippen molar-refractivity contribution >= 4 is 0 Å². The summed E-state index contributed by atoms with van der Waals surface area (Å²) in [5.41, 5.74) is 2.71. The zero-order valence-electron chi connectivity index (χ0n) is 15.9. The van der Waals surface area contributed by atoms with Crippen LogP contribution in [0.5, 0.6) is 0 Å². The van der Waals surface area contributed by atoms with E-state index >= 15 is 0 Å². The zero-order chi connectivity index (χ0) is 18.5. The molecular formula is C23H27N3O. The number of ether oxygens (including phenoxy) is 1. The van der Waals surface area contributed by atoms with Gasteiger partial charge in [-0.1, -0.05) is 60.7 Å². The van der Waals surface area contributed by atoms with Gasteiger partial charge in [0.2, 0.25) is 0 Å². The van der Waals surface area contributed by atoms with Crippen LogP contribution in [0.25, 0.3) is 0 Å². The van der Waals surface area contributed by atoms with Crippen LogP contribution in [0.4, 0.5) is 0 Å². The average molecular weight is 361 g/mol. The Morgan fingerprint density at radius 1 is 1.04 bits per heavy atom. The summed E-state index contributed by atoms with van der Waals surface area (Å²) in [4.78, 5) is 6.93. The molecule has 1 saturated heterocycles. The third-order valence-electron chi connectivity index (χ3n) is 5.41. The maximum atomic E-state index is 6.16. The van der Waals surface area contributed by atoms with Gasteiger partial charge in [0.05, 0.1) is 19.3 Å². The Morgan fingerprint density at radius 2 is 1.70 bits per heavy atom. The number of aromatic nitrogens is 2. The maximum Gasteiger partial charge on any atom is 0.122 e. The quantitative estimate of drug-likeness (QED) is 0.668. The first-order chi connectivity index (χ1) is 13.3. The second kappa shape index (κ2) is 8.51. The molecule has 1 fully saturated rings. The fraction of sp³-hybridized carbons (Fsp3) is 0.348. The van der Waals surface area contributed by atoms with Gasteiger partial charge in [-0.25, -0.2) is 4.98 Å². The van der Waals surface area contributed by atoms with E-state index in [9.17, 15) is 0 Å². The van der Waals surface area contributed by atoms with E-state index in [4.69, 9.17) is 4.74 Å². The van der Waals surface area contributed by atoms with E-state index in [0.717, 1.165) is 38.5 Å². The standard InChI is InChI=1S/C23H27N3O/c1-25-13-12-24-23(25)18-26-14-15-27-21(17-26)16-22(19-8-4-2-5-9-19)20-10-6-3-7-11-20/h2-13,21-22H,14-18H2,1H3/t21-/m0/s1. The van der Waals surface area contributed by atoms with Gasteiger partial charge in [-0.2, -0.15) is 0 Å². The van der Waals surface area contributed by atoms with Crippen molar-refractivity contribution in [2.75, 3.05) is 19.7 Å². The van der Waals surface area contributed by atoms with Crippen molar-refractivity contribution in [3.05, 3.63) is 90.0 Å². The third kappa shape index (κ3) is 4.46. The molecule has 4 heteroatoms. The molecule has 0 amide bonds. The van der Waals surface area contributed by atoms with Gasteiger partial charge in [0.1, 0.15) is 5.82 Å². The lowest BCUT2D eigenvalue weighted by Gasteiger charge is -2.34. The van der Waals surface area contributed by atoms with E-state index < -0.39 is 0 Å². The number of imidazole rings is 1. The second-order valence-electron chi connectivity index (χ2n) is 7.29. The van der Waals surface area contributed by atoms with Crippen molar-refractivity contribution in [2.45, 2.75) is 25.0 Å². The van der Waals surface area contributed by atoms with Crippen LogP contribution in [0.15, 0.2) is 73.1 Å². The molecule has 0 radical (unpaired) electrons. The molecule has 0 unspecified atom stereocenters. The van der Waals surface area contributed by atoms with Gasteiger partial charge >= 0.3 is 0 Å².